The smallest absolute Gasteiger partial charge is 0.0927 e. The first-order valence-electron chi connectivity index (χ1n) is 5.62. The van der Waals surface area contributed by atoms with Gasteiger partial charge < -0.3 is 14.9 Å². The molecule has 0 spiro atoms. The summed E-state index contributed by atoms with van der Waals surface area (Å²) in [6.07, 6.45) is 3.41. The van der Waals surface area contributed by atoms with Gasteiger partial charge in [0.25, 0.3) is 0 Å². The second kappa shape index (κ2) is 3.58. The monoisotopic (exact) mass is 212 g/mol. The Morgan fingerprint density at radius 1 is 1.27 bits per heavy atom. The van der Waals surface area contributed by atoms with Crippen molar-refractivity contribution in [1.29, 1.82) is 0 Å². The van der Waals surface area contributed by atoms with Crippen LogP contribution in [-0.2, 0) is 4.74 Å². The summed E-state index contributed by atoms with van der Waals surface area (Å²) in [5.74, 6) is 0.376. The predicted molar refractivity (Wildman–Crippen MR) is 57.5 cm³/mol. The molecule has 0 aromatic rings. The number of hydrogen-bond acceptors (Lipinski definition) is 3. The van der Waals surface area contributed by atoms with Gasteiger partial charge in [0.2, 0.25) is 0 Å². The largest absolute Gasteiger partial charge is 0.393 e. The molecule has 2 fully saturated rings. The Hall–Kier alpha value is -0.380. The fraction of sp³-hybridized carbons (Fsp3) is 0.833. The van der Waals surface area contributed by atoms with Gasteiger partial charge in [-0.15, -0.1) is 0 Å². The average molecular weight is 212 g/mol. The molecule has 0 aromatic heterocycles. The minimum atomic E-state index is -0.412. The van der Waals surface area contributed by atoms with Gasteiger partial charge in [-0.25, -0.2) is 0 Å². The lowest BCUT2D eigenvalue weighted by molar-refractivity contribution is -0.182. The lowest BCUT2D eigenvalue weighted by Crippen LogP contribution is -2.48. The van der Waals surface area contributed by atoms with Gasteiger partial charge in [0.15, 0.2) is 0 Å². The Labute approximate surface area is 90.8 Å². The molecule has 3 heteroatoms. The standard InChI is InChI=1S/C12H20O3/c1-9(2)10-5-11(7-13)3-4-12(6-10,8-14)15-11/h10,13-14H,1,3-8H2,2H3/t10-,11-,12+. The van der Waals surface area contributed by atoms with Crippen molar-refractivity contribution in [3.63, 3.8) is 0 Å². The van der Waals surface area contributed by atoms with Gasteiger partial charge in [-0.05, 0) is 38.5 Å². The molecule has 0 unspecified atom stereocenters. The maximum atomic E-state index is 9.44. The van der Waals surface area contributed by atoms with E-state index in [9.17, 15) is 10.2 Å². The van der Waals surface area contributed by atoms with Crippen LogP contribution in [0.3, 0.4) is 0 Å². The van der Waals surface area contributed by atoms with Crippen LogP contribution in [0.25, 0.3) is 0 Å². The molecule has 0 saturated carbocycles. The lowest BCUT2D eigenvalue weighted by Gasteiger charge is -2.43. The molecular weight excluding hydrogens is 192 g/mol. The molecule has 3 nitrogen and oxygen atoms in total. The van der Waals surface area contributed by atoms with Crippen LogP contribution in [0.5, 0.6) is 0 Å². The van der Waals surface area contributed by atoms with E-state index in [4.69, 9.17) is 4.74 Å². The van der Waals surface area contributed by atoms with Crippen molar-refractivity contribution in [1.82, 2.24) is 0 Å². The maximum Gasteiger partial charge on any atom is 0.0927 e. The van der Waals surface area contributed by atoms with Crippen molar-refractivity contribution in [2.24, 2.45) is 5.92 Å². The predicted octanol–water partition coefficient (Wildman–Crippen LogP) is 1.25. The summed E-state index contributed by atoms with van der Waals surface area (Å²) in [4.78, 5) is 0. The van der Waals surface area contributed by atoms with Crippen LogP contribution in [0, 0.1) is 5.92 Å². The van der Waals surface area contributed by atoms with Crippen LogP contribution in [-0.4, -0.2) is 34.6 Å². The number of hydrogen-bond donors (Lipinski definition) is 2. The molecule has 86 valence electrons. The third-order valence-electron chi connectivity index (χ3n) is 3.98. The van der Waals surface area contributed by atoms with E-state index in [2.05, 4.69) is 6.58 Å². The molecule has 2 heterocycles. The summed E-state index contributed by atoms with van der Waals surface area (Å²) in [6.45, 7) is 6.12. The molecule has 3 atom stereocenters. The van der Waals surface area contributed by atoms with Gasteiger partial charge >= 0.3 is 0 Å². The summed E-state index contributed by atoms with van der Waals surface area (Å²) < 4.78 is 5.91. The van der Waals surface area contributed by atoms with Gasteiger partial charge in [0.05, 0.1) is 24.4 Å². The number of aliphatic hydroxyl groups excluding tert-OH is 2. The third kappa shape index (κ3) is 1.73. The summed E-state index contributed by atoms with van der Waals surface area (Å²) in [5.41, 5.74) is 0.311. The summed E-state index contributed by atoms with van der Waals surface area (Å²) in [5, 5.41) is 18.9. The van der Waals surface area contributed by atoms with Gasteiger partial charge in [0.1, 0.15) is 0 Å². The van der Waals surface area contributed by atoms with Crippen molar-refractivity contribution in [2.45, 2.75) is 43.8 Å². The van der Waals surface area contributed by atoms with E-state index in [-0.39, 0.29) is 13.2 Å². The van der Waals surface area contributed by atoms with Crippen molar-refractivity contribution in [3.8, 4) is 0 Å². The van der Waals surface area contributed by atoms with E-state index < -0.39 is 11.2 Å². The van der Waals surface area contributed by atoms with Crippen molar-refractivity contribution in [2.75, 3.05) is 13.2 Å². The van der Waals surface area contributed by atoms with Crippen LogP contribution in [0.15, 0.2) is 12.2 Å². The van der Waals surface area contributed by atoms with Gasteiger partial charge in [0, 0.05) is 0 Å². The molecule has 0 aromatic carbocycles. The van der Waals surface area contributed by atoms with E-state index in [0.29, 0.717) is 5.92 Å². The fourth-order valence-electron chi connectivity index (χ4n) is 2.97. The topological polar surface area (TPSA) is 49.7 Å². The molecule has 2 rings (SSSR count). The lowest BCUT2D eigenvalue weighted by atomic mass is 9.80. The highest BCUT2D eigenvalue weighted by Gasteiger charge is 2.54. The van der Waals surface area contributed by atoms with Crippen LogP contribution in [0.2, 0.25) is 0 Å². The maximum absolute atomic E-state index is 9.44. The Kier molecular flexibility index (Phi) is 2.65. The zero-order chi connectivity index (χ0) is 11.1. The highest BCUT2D eigenvalue weighted by atomic mass is 16.6. The Bertz CT molecular complexity index is 256. The second-order valence-corrected chi connectivity index (χ2v) is 5.24. The van der Waals surface area contributed by atoms with E-state index >= 15 is 0 Å². The first-order valence-corrected chi connectivity index (χ1v) is 5.62. The Morgan fingerprint density at radius 2 is 1.73 bits per heavy atom. The van der Waals surface area contributed by atoms with E-state index in [0.717, 1.165) is 31.3 Å². The normalized spacial score (nSPS) is 44.3. The Morgan fingerprint density at radius 3 is 2.07 bits per heavy atom. The molecule has 0 aliphatic carbocycles. The SMILES string of the molecule is C=C(C)[C@H]1C[C@]2(CO)CC[C@](CO)(C1)O2. The fourth-order valence-corrected chi connectivity index (χ4v) is 2.97. The zero-order valence-corrected chi connectivity index (χ0v) is 9.33. The molecule has 2 aliphatic rings. The number of allylic oxidation sites excluding steroid dienone is 1. The Balaban J connectivity index is 2.23. The quantitative estimate of drug-likeness (QED) is 0.692. The number of rotatable bonds is 3. The minimum Gasteiger partial charge on any atom is -0.393 e. The molecule has 2 bridgehead atoms. The van der Waals surface area contributed by atoms with E-state index in [1.54, 1.807) is 0 Å². The molecule has 0 amide bonds. The van der Waals surface area contributed by atoms with Crippen LogP contribution in [0.1, 0.15) is 32.6 Å². The first kappa shape index (κ1) is 11.1. The van der Waals surface area contributed by atoms with Gasteiger partial charge in [-0.2, -0.15) is 0 Å². The average Bonchev–Trinajstić information content (AvgIpc) is 2.52. The zero-order valence-electron chi connectivity index (χ0n) is 9.33. The van der Waals surface area contributed by atoms with Crippen LogP contribution in [0.4, 0.5) is 0 Å². The second-order valence-electron chi connectivity index (χ2n) is 5.24. The van der Waals surface area contributed by atoms with Crippen LogP contribution < -0.4 is 0 Å². The van der Waals surface area contributed by atoms with E-state index in [1.807, 2.05) is 6.92 Å². The van der Waals surface area contributed by atoms with Crippen molar-refractivity contribution >= 4 is 0 Å². The van der Waals surface area contributed by atoms with Gasteiger partial charge in [-0.1, -0.05) is 12.2 Å². The molecule has 15 heavy (non-hydrogen) atoms. The molecule has 2 N–H and O–H groups in total. The van der Waals surface area contributed by atoms with Crippen LogP contribution >= 0.6 is 0 Å². The number of fused-ring (bicyclic) bond motifs is 2. The molecular formula is C12H20O3. The highest BCUT2D eigenvalue weighted by Crippen LogP contribution is 2.51. The summed E-state index contributed by atoms with van der Waals surface area (Å²) in [6, 6.07) is 0. The molecule has 0 radical (unpaired) electrons. The van der Waals surface area contributed by atoms with Gasteiger partial charge in [-0.3, -0.25) is 0 Å². The third-order valence-corrected chi connectivity index (χ3v) is 3.98. The molecule has 2 saturated heterocycles. The summed E-state index contributed by atoms with van der Waals surface area (Å²) in [7, 11) is 0. The van der Waals surface area contributed by atoms with Crippen molar-refractivity contribution in [3.05, 3.63) is 12.2 Å². The number of aliphatic hydroxyl groups is 2. The highest BCUT2D eigenvalue weighted by molar-refractivity contribution is 5.11. The van der Waals surface area contributed by atoms with E-state index in [1.165, 1.54) is 0 Å². The summed E-state index contributed by atoms with van der Waals surface area (Å²) >= 11 is 0. The molecule has 2 aliphatic heterocycles. The minimum absolute atomic E-state index is 0.0541. The first-order chi connectivity index (χ1) is 7.05. The number of ether oxygens (including phenoxy) is 1. The van der Waals surface area contributed by atoms with Crippen molar-refractivity contribution < 1.29 is 14.9 Å².